The van der Waals surface area contributed by atoms with E-state index in [0.717, 1.165) is 30.5 Å². The summed E-state index contributed by atoms with van der Waals surface area (Å²) in [7, 11) is 3.39. The number of benzene rings is 1. The van der Waals surface area contributed by atoms with Crippen LogP contribution in [0, 0.1) is 5.92 Å². The smallest absolute Gasteiger partial charge is 0.136 e. The number of hydrogen-bond donors (Lipinski definition) is 1. The Morgan fingerprint density at radius 3 is 2.67 bits per heavy atom. The van der Waals surface area contributed by atoms with Crippen molar-refractivity contribution in [2.24, 2.45) is 5.92 Å². The first-order valence-corrected chi connectivity index (χ1v) is 7.37. The lowest BCUT2D eigenvalue weighted by Gasteiger charge is -2.22. The second kappa shape index (κ2) is 6.90. The molecule has 0 saturated carbocycles. The van der Waals surface area contributed by atoms with Gasteiger partial charge in [-0.25, -0.2) is 0 Å². The fourth-order valence-electron chi connectivity index (χ4n) is 2.15. The first-order valence-electron chi connectivity index (χ1n) is 6.39. The van der Waals surface area contributed by atoms with Crippen molar-refractivity contribution < 1.29 is 9.47 Å². The highest BCUT2D eigenvalue weighted by Crippen LogP contribution is 2.34. The van der Waals surface area contributed by atoms with Gasteiger partial charge in [0.1, 0.15) is 11.5 Å². The topological polar surface area (TPSA) is 30.5 Å². The van der Waals surface area contributed by atoms with Gasteiger partial charge in [-0.3, -0.25) is 0 Å². The minimum atomic E-state index is 0.822. The van der Waals surface area contributed by atoms with Crippen molar-refractivity contribution in [3.8, 4) is 11.5 Å². The summed E-state index contributed by atoms with van der Waals surface area (Å²) in [5.41, 5.74) is 0. The van der Waals surface area contributed by atoms with Crippen molar-refractivity contribution in [1.82, 2.24) is 5.32 Å². The molecule has 1 heterocycles. The first-order chi connectivity index (χ1) is 8.83. The molecule has 3 nitrogen and oxygen atoms in total. The van der Waals surface area contributed by atoms with E-state index in [0.29, 0.717) is 0 Å². The van der Waals surface area contributed by atoms with Crippen LogP contribution in [-0.2, 0) is 0 Å². The van der Waals surface area contributed by atoms with Crippen LogP contribution in [0.4, 0.5) is 0 Å². The molecule has 0 bridgehead atoms. The van der Waals surface area contributed by atoms with Gasteiger partial charge in [0.25, 0.3) is 0 Å². The summed E-state index contributed by atoms with van der Waals surface area (Å²) >= 11 is 1.89. The summed E-state index contributed by atoms with van der Waals surface area (Å²) in [6, 6.07) is 6.03. The molecule has 0 aliphatic carbocycles. The Morgan fingerprint density at radius 1 is 1.22 bits per heavy atom. The minimum Gasteiger partial charge on any atom is -0.497 e. The second-order valence-electron chi connectivity index (χ2n) is 4.52. The van der Waals surface area contributed by atoms with Gasteiger partial charge in [-0.1, -0.05) is 0 Å². The predicted octanol–water partition coefficient (Wildman–Crippen LogP) is 2.80. The van der Waals surface area contributed by atoms with E-state index in [4.69, 9.17) is 9.47 Å². The summed E-state index contributed by atoms with van der Waals surface area (Å²) in [4.78, 5) is 1.21. The SMILES string of the molecule is COc1ccc(SCC2CCNCC2)c(OC)c1. The van der Waals surface area contributed by atoms with Gasteiger partial charge in [0.05, 0.1) is 14.2 Å². The molecule has 1 aromatic carbocycles. The largest absolute Gasteiger partial charge is 0.497 e. The maximum atomic E-state index is 5.41. The van der Waals surface area contributed by atoms with Gasteiger partial charge in [0, 0.05) is 16.7 Å². The standard InChI is InChI=1S/C14H21NO2S/c1-16-12-3-4-14(13(9-12)17-2)18-10-11-5-7-15-8-6-11/h3-4,9,11,15H,5-8,10H2,1-2H3. The van der Waals surface area contributed by atoms with Crippen molar-refractivity contribution in [2.75, 3.05) is 33.1 Å². The van der Waals surface area contributed by atoms with Crippen molar-refractivity contribution in [2.45, 2.75) is 17.7 Å². The number of ether oxygens (including phenoxy) is 2. The summed E-state index contributed by atoms with van der Waals surface area (Å²) in [5.74, 6) is 3.75. The third-order valence-corrected chi connectivity index (χ3v) is 4.59. The van der Waals surface area contributed by atoms with Gasteiger partial charge >= 0.3 is 0 Å². The fraction of sp³-hybridized carbons (Fsp3) is 0.571. The Bertz CT molecular complexity index is 378. The molecule has 100 valence electrons. The fourth-order valence-corrected chi connectivity index (χ4v) is 3.35. The molecule has 2 rings (SSSR count). The summed E-state index contributed by atoms with van der Waals surface area (Å²) in [6.45, 7) is 2.32. The number of nitrogens with one attached hydrogen (secondary N) is 1. The molecule has 1 N–H and O–H groups in total. The lowest BCUT2D eigenvalue weighted by atomic mass is 10.0. The second-order valence-corrected chi connectivity index (χ2v) is 5.58. The van der Waals surface area contributed by atoms with Crippen molar-refractivity contribution in [3.63, 3.8) is 0 Å². The van der Waals surface area contributed by atoms with Gasteiger partial charge in [0.2, 0.25) is 0 Å². The molecule has 18 heavy (non-hydrogen) atoms. The maximum absolute atomic E-state index is 5.41. The van der Waals surface area contributed by atoms with Crippen LogP contribution < -0.4 is 14.8 Å². The zero-order valence-electron chi connectivity index (χ0n) is 11.1. The monoisotopic (exact) mass is 267 g/mol. The molecule has 1 aliphatic heterocycles. The number of methoxy groups -OCH3 is 2. The zero-order chi connectivity index (χ0) is 12.8. The molecule has 0 spiro atoms. The van der Waals surface area contributed by atoms with E-state index in [2.05, 4.69) is 11.4 Å². The van der Waals surface area contributed by atoms with Gasteiger partial charge in [-0.2, -0.15) is 0 Å². The van der Waals surface area contributed by atoms with Crippen molar-refractivity contribution in [3.05, 3.63) is 18.2 Å². The van der Waals surface area contributed by atoms with E-state index in [1.54, 1.807) is 14.2 Å². The highest BCUT2D eigenvalue weighted by molar-refractivity contribution is 7.99. The number of rotatable bonds is 5. The molecule has 1 fully saturated rings. The molecule has 4 heteroatoms. The Kier molecular flexibility index (Phi) is 5.20. The Labute approximate surface area is 113 Å². The van der Waals surface area contributed by atoms with E-state index in [-0.39, 0.29) is 0 Å². The summed E-state index contributed by atoms with van der Waals surface area (Å²) in [6.07, 6.45) is 2.57. The van der Waals surface area contributed by atoms with Gasteiger partial charge < -0.3 is 14.8 Å². The Hall–Kier alpha value is -0.870. The number of piperidine rings is 1. The average Bonchev–Trinajstić information content (AvgIpc) is 2.46. The molecule has 1 saturated heterocycles. The molecule has 1 aromatic rings. The lowest BCUT2D eigenvalue weighted by molar-refractivity contribution is 0.387. The van der Waals surface area contributed by atoms with Crippen LogP contribution in [0.5, 0.6) is 11.5 Å². The number of thioether (sulfide) groups is 1. The van der Waals surface area contributed by atoms with Crippen LogP contribution in [-0.4, -0.2) is 33.1 Å². The van der Waals surface area contributed by atoms with Crippen LogP contribution in [0.25, 0.3) is 0 Å². The molecule has 0 unspecified atom stereocenters. The van der Waals surface area contributed by atoms with E-state index in [1.165, 1.54) is 23.5 Å². The Balaban J connectivity index is 1.95. The van der Waals surface area contributed by atoms with Crippen molar-refractivity contribution >= 4 is 11.8 Å². The minimum absolute atomic E-state index is 0.822. The molecule has 1 aliphatic rings. The molecular formula is C14H21NO2S. The Morgan fingerprint density at radius 2 is 2.00 bits per heavy atom. The van der Waals surface area contributed by atoms with E-state index < -0.39 is 0 Å². The maximum Gasteiger partial charge on any atom is 0.136 e. The number of hydrogen-bond acceptors (Lipinski definition) is 4. The molecular weight excluding hydrogens is 246 g/mol. The van der Waals surface area contributed by atoms with E-state index >= 15 is 0 Å². The van der Waals surface area contributed by atoms with Crippen LogP contribution in [0.15, 0.2) is 23.1 Å². The van der Waals surface area contributed by atoms with E-state index in [9.17, 15) is 0 Å². The highest BCUT2D eigenvalue weighted by atomic mass is 32.2. The first kappa shape index (κ1) is 13.6. The normalized spacial score (nSPS) is 16.6. The molecule has 0 atom stereocenters. The van der Waals surface area contributed by atoms with Crippen LogP contribution in [0.1, 0.15) is 12.8 Å². The summed E-state index contributed by atoms with van der Waals surface area (Å²) in [5, 5.41) is 3.40. The van der Waals surface area contributed by atoms with Gasteiger partial charge in [-0.15, -0.1) is 11.8 Å². The average molecular weight is 267 g/mol. The molecule has 0 amide bonds. The third kappa shape index (κ3) is 3.56. The van der Waals surface area contributed by atoms with Crippen LogP contribution in [0.2, 0.25) is 0 Å². The van der Waals surface area contributed by atoms with Crippen LogP contribution >= 0.6 is 11.8 Å². The van der Waals surface area contributed by atoms with E-state index in [1.807, 2.05) is 23.9 Å². The third-order valence-electron chi connectivity index (χ3n) is 3.30. The van der Waals surface area contributed by atoms with Crippen LogP contribution in [0.3, 0.4) is 0 Å². The van der Waals surface area contributed by atoms with Crippen molar-refractivity contribution in [1.29, 1.82) is 0 Å². The molecule has 0 radical (unpaired) electrons. The lowest BCUT2D eigenvalue weighted by Crippen LogP contribution is -2.28. The van der Waals surface area contributed by atoms with Gasteiger partial charge in [0.15, 0.2) is 0 Å². The zero-order valence-corrected chi connectivity index (χ0v) is 11.9. The summed E-state index contributed by atoms with van der Waals surface area (Å²) < 4.78 is 10.6. The van der Waals surface area contributed by atoms with Gasteiger partial charge in [-0.05, 0) is 44.0 Å². The molecule has 0 aromatic heterocycles. The predicted molar refractivity (Wildman–Crippen MR) is 75.9 cm³/mol. The quantitative estimate of drug-likeness (QED) is 0.831. The highest BCUT2D eigenvalue weighted by Gasteiger charge is 2.14.